The number of hydrogen-bond donors (Lipinski definition) is 2. The van der Waals surface area contributed by atoms with E-state index < -0.39 is 41.5 Å². The number of nitrogens with zero attached hydrogens (tertiary/aromatic N) is 1. The summed E-state index contributed by atoms with van der Waals surface area (Å²) in [6.07, 6.45) is 0.370. The second-order valence-electron chi connectivity index (χ2n) is 7.26. The molecule has 0 radical (unpaired) electrons. The van der Waals surface area contributed by atoms with Gasteiger partial charge in [0.1, 0.15) is 21.4 Å². The predicted molar refractivity (Wildman–Crippen MR) is 110 cm³/mol. The minimum atomic E-state index is -4.48. The quantitative estimate of drug-likeness (QED) is 0.662. The molecule has 1 fully saturated rings. The van der Waals surface area contributed by atoms with Gasteiger partial charge < -0.3 is 10.1 Å². The number of sulfonamides is 2. The molecule has 0 aromatic heterocycles. The van der Waals surface area contributed by atoms with Crippen LogP contribution in [0, 0.1) is 11.6 Å². The second-order valence-corrected chi connectivity index (χ2v) is 10.8. The van der Waals surface area contributed by atoms with Crippen LogP contribution in [0.2, 0.25) is 0 Å². The van der Waals surface area contributed by atoms with E-state index in [0.717, 1.165) is 34.6 Å². The highest BCUT2D eigenvalue weighted by molar-refractivity contribution is 7.92. The highest BCUT2D eigenvalue weighted by atomic mass is 32.2. The average Bonchev–Trinajstić information content (AvgIpc) is 2.74. The molecule has 2 aromatic rings. The molecule has 0 spiro atoms. The van der Waals surface area contributed by atoms with E-state index in [-0.39, 0.29) is 56.4 Å². The third kappa shape index (κ3) is 4.33. The van der Waals surface area contributed by atoms with E-state index in [1.54, 1.807) is 0 Å². The fraction of sp³-hybridized carbons (Fsp3) is 0.316. The summed E-state index contributed by atoms with van der Waals surface area (Å²) in [7, 11) is -8.71. The van der Waals surface area contributed by atoms with E-state index in [2.05, 4.69) is 10.0 Å². The summed E-state index contributed by atoms with van der Waals surface area (Å²) in [5.41, 5.74) is 0.392. The summed E-state index contributed by atoms with van der Waals surface area (Å²) in [6.45, 7) is 0.389. The number of fused-ring (bicyclic) bond motifs is 1. The smallest absolute Gasteiger partial charge is 0.264 e. The second kappa shape index (κ2) is 8.39. The predicted octanol–water partition coefficient (Wildman–Crippen LogP) is 1.67. The highest BCUT2D eigenvalue weighted by Crippen LogP contribution is 2.30. The van der Waals surface area contributed by atoms with Gasteiger partial charge in [0.15, 0.2) is 0 Å². The number of rotatable bonds is 5. The van der Waals surface area contributed by atoms with Gasteiger partial charge >= 0.3 is 0 Å². The molecule has 0 aliphatic carbocycles. The molecule has 2 aromatic carbocycles. The number of halogens is 2. The van der Waals surface area contributed by atoms with Crippen molar-refractivity contribution in [3.8, 4) is 0 Å². The van der Waals surface area contributed by atoms with E-state index >= 15 is 0 Å². The van der Waals surface area contributed by atoms with Gasteiger partial charge in [-0.05, 0) is 42.3 Å². The Kier molecular flexibility index (Phi) is 5.92. The molecule has 0 unspecified atom stereocenters. The lowest BCUT2D eigenvalue weighted by molar-refractivity contribution is -0.116. The molecule has 13 heteroatoms. The van der Waals surface area contributed by atoms with Gasteiger partial charge in [-0.1, -0.05) is 0 Å². The molecular formula is C19H19F2N3O6S2. The lowest BCUT2D eigenvalue weighted by Crippen LogP contribution is -2.40. The average molecular weight is 488 g/mol. The standard InChI is InChI=1S/C19H19F2N3O6S2/c20-14-3-2-13(10-18(14)32(28,29)24-5-7-30-8-6-24)23-31(26,27)17-9-12-1-4-19(25)22-16(12)11-15(17)21/h2-3,9-11,23H,1,4-8H2,(H,22,25). The molecule has 2 aliphatic rings. The molecule has 9 nitrogen and oxygen atoms in total. The zero-order valence-electron chi connectivity index (χ0n) is 16.6. The lowest BCUT2D eigenvalue weighted by atomic mass is 10.0. The minimum absolute atomic E-state index is 0.0363. The molecule has 0 bridgehead atoms. The summed E-state index contributed by atoms with van der Waals surface area (Å²) in [5, 5.41) is 2.47. The first-order valence-electron chi connectivity index (χ1n) is 9.60. The molecule has 1 amide bonds. The Labute approximate surface area is 183 Å². The number of anilines is 2. The van der Waals surface area contributed by atoms with Crippen LogP contribution >= 0.6 is 0 Å². The summed E-state index contributed by atoms with van der Waals surface area (Å²) < 4.78 is 88.4. The van der Waals surface area contributed by atoms with Crippen molar-refractivity contribution < 1.29 is 35.1 Å². The molecule has 0 saturated carbocycles. The molecule has 4 rings (SSSR count). The number of nitrogens with one attached hydrogen (secondary N) is 2. The van der Waals surface area contributed by atoms with E-state index in [1.165, 1.54) is 0 Å². The number of benzene rings is 2. The Morgan fingerprint density at radius 3 is 2.38 bits per heavy atom. The fourth-order valence-corrected chi connectivity index (χ4v) is 6.14. The largest absolute Gasteiger partial charge is 0.379 e. The van der Waals surface area contributed by atoms with Gasteiger partial charge in [0.2, 0.25) is 15.9 Å². The summed E-state index contributed by atoms with van der Waals surface area (Å²) >= 11 is 0. The van der Waals surface area contributed by atoms with E-state index in [1.807, 2.05) is 0 Å². The maximum absolute atomic E-state index is 14.5. The van der Waals surface area contributed by atoms with Crippen LogP contribution in [-0.4, -0.2) is 53.4 Å². The van der Waals surface area contributed by atoms with Gasteiger partial charge in [0.25, 0.3) is 10.0 Å². The summed E-state index contributed by atoms with van der Waals surface area (Å²) in [5.74, 6) is -2.44. The molecule has 2 aliphatic heterocycles. The van der Waals surface area contributed by atoms with Gasteiger partial charge in [-0.2, -0.15) is 4.31 Å². The van der Waals surface area contributed by atoms with Crippen molar-refractivity contribution in [3.05, 3.63) is 47.5 Å². The Bertz CT molecular complexity index is 1290. The molecule has 172 valence electrons. The van der Waals surface area contributed by atoms with Gasteiger partial charge in [-0.3, -0.25) is 9.52 Å². The van der Waals surface area contributed by atoms with Crippen LogP contribution in [0.1, 0.15) is 12.0 Å². The maximum atomic E-state index is 14.5. The minimum Gasteiger partial charge on any atom is -0.379 e. The van der Waals surface area contributed by atoms with Crippen LogP contribution < -0.4 is 10.0 Å². The topological polar surface area (TPSA) is 122 Å². The van der Waals surface area contributed by atoms with E-state index in [0.29, 0.717) is 5.56 Å². The van der Waals surface area contributed by atoms with Crippen LogP contribution in [0.25, 0.3) is 0 Å². The molecule has 1 saturated heterocycles. The maximum Gasteiger partial charge on any atom is 0.264 e. The third-order valence-electron chi connectivity index (χ3n) is 5.11. The third-order valence-corrected chi connectivity index (χ3v) is 8.42. The van der Waals surface area contributed by atoms with Crippen molar-refractivity contribution in [2.75, 3.05) is 36.3 Å². The number of amides is 1. The van der Waals surface area contributed by atoms with E-state index in [9.17, 15) is 30.4 Å². The van der Waals surface area contributed by atoms with Crippen molar-refractivity contribution >= 4 is 37.3 Å². The number of ether oxygens (including phenoxy) is 1. The molecule has 32 heavy (non-hydrogen) atoms. The number of hydrogen-bond acceptors (Lipinski definition) is 6. The Hall–Kier alpha value is -2.61. The van der Waals surface area contributed by atoms with E-state index in [4.69, 9.17) is 4.74 Å². The zero-order chi connectivity index (χ0) is 23.1. The van der Waals surface area contributed by atoms with Crippen LogP contribution in [0.5, 0.6) is 0 Å². The zero-order valence-corrected chi connectivity index (χ0v) is 18.2. The van der Waals surface area contributed by atoms with Gasteiger partial charge in [0, 0.05) is 25.2 Å². The first-order valence-corrected chi connectivity index (χ1v) is 12.5. The SMILES string of the molecule is O=C1CCc2cc(S(=O)(=O)Nc3ccc(F)c(S(=O)(=O)N4CCOCC4)c3)c(F)cc2N1. The monoisotopic (exact) mass is 487 g/mol. The van der Waals surface area contributed by atoms with Crippen molar-refractivity contribution in [2.24, 2.45) is 0 Å². The summed E-state index contributed by atoms with van der Waals surface area (Å²) in [4.78, 5) is 10.1. The first kappa shape index (κ1) is 22.6. The Morgan fingerprint density at radius 2 is 1.66 bits per heavy atom. The molecular weight excluding hydrogens is 468 g/mol. The van der Waals surface area contributed by atoms with Gasteiger partial charge in [0.05, 0.1) is 18.9 Å². The number of carbonyl (C=O) groups is 1. The molecule has 0 atom stereocenters. The van der Waals surface area contributed by atoms with Crippen molar-refractivity contribution in [2.45, 2.75) is 22.6 Å². The highest BCUT2D eigenvalue weighted by Gasteiger charge is 2.30. The normalized spacial score (nSPS) is 17.5. The fourth-order valence-electron chi connectivity index (χ4n) is 3.49. The Morgan fingerprint density at radius 1 is 0.938 bits per heavy atom. The van der Waals surface area contributed by atoms with Crippen molar-refractivity contribution in [1.29, 1.82) is 0 Å². The van der Waals surface area contributed by atoms with Gasteiger partial charge in [-0.15, -0.1) is 0 Å². The van der Waals surface area contributed by atoms with Crippen LogP contribution in [0.3, 0.4) is 0 Å². The molecule has 2 N–H and O–H groups in total. The number of morpholine rings is 1. The first-order chi connectivity index (χ1) is 15.1. The van der Waals surface area contributed by atoms with Crippen molar-refractivity contribution in [1.82, 2.24) is 4.31 Å². The number of aryl methyl sites for hydroxylation is 1. The molecule has 2 heterocycles. The number of carbonyl (C=O) groups excluding carboxylic acids is 1. The lowest BCUT2D eigenvalue weighted by Gasteiger charge is -2.26. The summed E-state index contributed by atoms with van der Waals surface area (Å²) in [6, 6.07) is 4.75. The van der Waals surface area contributed by atoms with Crippen LogP contribution in [-0.2, 0) is 36.0 Å². The van der Waals surface area contributed by atoms with Gasteiger partial charge in [-0.25, -0.2) is 25.6 Å². The van der Waals surface area contributed by atoms with Crippen molar-refractivity contribution in [3.63, 3.8) is 0 Å². The van der Waals surface area contributed by atoms with Crippen LogP contribution in [0.4, 0.5) is 20.2 Å². The Balaban J connectivity index is 1.66. The van der Waals surface area contributed by atoms with Crippen LogP contribution in [0.15, 0.2) is 40.1 Å².